The summed E-state index contributed by atoms with van der Waals surface area (Å²) in [7, 11) is 0. The average molecular weight is 261 g/mol. The van der Waals surface area contributed by atoms with E-state index in [1.165, 1.54) is 6.07 Å². The molecule has 0 bridgehead atoms. The fourth-order valence-corrected chi connectivity index (χ4v) is 2.08. The molecule has 0 atom stereocenters. The quantitative estimate of drug-likeness (QED) is 0.896. The molecule has 0 aliphatic rings. The first-order chi connectivity index (χ1) is 9.13. The van der Waals surface area contributed by atoms with Gasteiger partial charge in [0.25, 0.3) is 0 Å². The van der Waals surface area contributed by atoms with Crippen LogP contribution in [0.4, 0.5) is 4.39 Å². The average Bonchev–Trinajstić information content (AvgIpc) is 2.79. The van der Waals surface area contributed by atoms with Gasteiger partial charge in [-0.05, 0) is 18.6 Å². The summed E-state index contributed by atoms with van der Waals surface area (Å²) in [5.74, 6) is -0.247. The summed E-state index contributed by atoms with van der Waals surface area (Å²) in [5.41, 5.74) is 2.69. The normalized spacial score (nSPS) is 11.2. The first kappa shape index (κ1) is 13.7. The lowest BCUT2D eigenvalue weighted by atomic mass is 10.2. The van der Waals surface area contributed by atoms with Gasteiger partial charge in [0.15, 0.2) is 0 Å². The molecular weight excluding hydrogens is 241 g/mol. The van der Waals surface area contributed by atoms with Crippen LogP contribution in [0.25, 0.3) is 5.69 Å². The van der Waals surface area contributed by atoms with Crippen LogP contribution in [0.15, 0.2) is 30.5 Å². The second-order valence-electron chi connectivity index (χ2n) is 4.87. The molecule has 0 amide bonds. The van der Waals surface area contributed by atoms with E-state index in [0.717, 1.165) is 24.2 Å². The van der Waals surface area contributed by atoms with Crippen LogP contribution in [0.5, 0.6) is 0 Å². The highest BCUT2D eigenvalue weighted by atomic mass is 19.1. The van der Waals surface area contributed by atoms with E-state index in [4.69, 9.17) is 0 Å². The molecule has 1 N–H and O–H groups in total. The number of hydrogen-bond acceptors (Lipinski definition) is 2. The zero-order valence-electron chi connectivity index (χ0n) is 11.7. The smallest absolute Gasteiger partial charge is 0.148 e. The second kappa shape index (κ2) is 5.97. The van der Waals surface area contributed by atoms with Crippen molar-refractivity contribution < 1.29 is 4.39 Å². The third kappa shape index (κ3) is 3.01. The number of hydrogen-bond donors (Lipinski definition) is 1. The summed E-state index contributed by atoms with van der Waals surface area (Å²) in [6.45, 7) is 7.03. The SMILES string of the molecule is CCc1c(CNC(C)C)cnn1-c1ccccc1F. The monoisotopic (exact) mass is 261 g/mol. The van der Waals surface area contributed by atoms with Gasteiger partial charge in [0.1, 0.15) is 11.5 Å². The molecule has 0 spiro atoms. The predicted octanol–water partition coefficient (Wildman–Crippen LogP) is 3.07. The molecule has 4 heteroatoms. The lowest BCUT2D eigenvalue weighted by molar-refractivity contribution is 0.584. The van der Waals surface area contributed by atoms with Gasteiger partial charge in [-0.1, -0.05) is 32.9 Å². The van der Waals surface area contributed by atoms with E-state index in [9.17, 15) is 4.39 Å². The Kier molecular flexibility index (Phi) is 4.32. The van der Waals surface area contributed by atoms with Crippen molar-refractivity contribution in [1.29, 1.82) is 0 Å². The summed E-state index contributed by atoms with van der Waals surface area (Å²) >= 11 is 0. The number of rotatable bonds is 5. The summed E-state index contributed by atoms with van der Waals surface area (Å²) in [4.78, 5) is 0. The van der Waals surface area contributed by atoms with Gasteiger partial charge in [-0.15, -0.1) is 0 Å². The molecule has 1 aromatic carbocycles. The van der Waals surface area contributed by atoms with Gasteiger partial charge in [0.2, 0.25) is 0 Å². The maximum Gasteiger partial charge on any atom is 0.148 e. The summed E-state index contributed by atoms with van der Waals surface area (Å²) < 4.78 is 15.5. The van der Waals surface area contributed by atoms with Crippen LogP contribution in [-0.4, -0.2) is 15.8 Å². The van der Waals surface area contributed by atoms with Gasteiger partial charge >= 0.3 is 0 Å². The number of nitrogens with one attached hydrogen (secondary N) is 1. The van der Waals surface area contributed by atoms with E-state index in [-0.39, 0.29) is 5.82 Å². The van der Waals surface area contributed by atoms with Gasteiger partial charge < -0.3 is 5.32 Å². The molecule has 0 fully saturated rings. The van der Waals surface area contributed by atoms with Crippen molar-refractivity contribution in [1.82, 2.24) is 15.1 Å². The zero-order valence-corrected chi connectivity index (χ0v) is 11.7. The topological polar surface area (TPSA) is 29.9 Å². The highest BCUT2D eigenvalue weighted by Gasteiger charge is 2.13. The number of para-hydroxylation sites is 1. The van der Waals surface area contributed by atoms with Crippen molar-refractivity contribution in [3.05, 3.63) is 47.5 Å². The molecule has 0 saturated heterocycles. The minimum atomic E-state index is -0.247. The third-order valence-corrected chi connectivity index (χ3v) is 3.07. The minimum absolute atomic E-state index is 0.247. The first-order valence-electron chi connectivity index (χ1n) is 6.67. The summed E-state index contributed by atoms with van der Waals surface area (Å²) in [6.07, 6.45) is 2.64. The molecule has 1 heterocycles. The first-order valence-corrected chi connectivity index (χ1v) is 6.67. The fraction of sp³-hybridized carbons (Fsp3) is 0.400. The van der Waals surface area contributed by atoms with Crippen LogP contribution >= 0.6 is 0 Å². The number of halogens is 1. The molecule has 2 aromatic rings. The summed E-state index contributed by atoms with van der Waals surface area (Å²) in [5, 5.41) is 7.70. The van der Waals surface area contributed by atoms with Crippen LogP contribution < -0.4 is 5.32 Å². The van der Waals surface area contributed by atoms with Crippen LogP contribution in [-0.2, 0) is 13.0 Å². The van der Waals surface area contributed by atoms with Crippen molar-refractivity contribution in [2.45, 2.75) is 39.8 Å². The Morgan fingerprint density at radius 3 is 2.68 bits per heavy atom. The van der Waals surface area contributed by atoms with Gasteiger partial charge in [0.05, 0.1) is 6.20 Å². The van der Waals surface area contributed by atoms with E-state index < -0.39 is 0 Å². The van der Waals surface area contributed by atoms with E-state index in [0.29, 0.717) is 11.7 Å². The van der Waals surface area contributed by atoms with Crippen LogP contribution in [0.3, 0.4) is 0 Å². The van der Waals surface area contributed by atoms with E-state index in [1.54, 1.807) is 16.8 Å². The lowest BCUT2D eigenvalue weighted by Gasteiger charge is -2.10. The van der Waals surface area contributed by atoms with E-state index in [2.05, 4.69) is 31.2 Å². The number of nitrogens with zero attached hydrogens (tertiary/aromatic N) is 2. The van der Waals surface area contributed by atoms with Crippen LogP contribution in [0.2, 0.25) is 0 Å². The van der Waals surface area contributed by atoms with E-state index >= 15 is 0 Å². The number of aromatic nitrogens is 2. The van der Waals surface area contributed by atoms with Crippen LogP contribution in [0.1, 0.15) is 32.0 Å². The molecule has 0 radical (unpaired) electrons. The molecule has 102 valence electrons. The lowest BCUT2D eigenvalue weighted by Crippen LogP contribution is -2.22. The maximum absolute atomic E-state index is 13.8. The molecule has 19 heavy (non-hydrogen) atoms. The summed E-state index contributed by atoms with van der Waals surface area (Å²) in [6, 6.07) is 7.14. The Labute approximate surface area is 113 Å². The molecule has 0 aliphatic heterocycles. The molecule has 1 aromatic heterocycles. The van der Waals surface area contributed by atoms with Crippen molar-refractivity contribution >= 4 is 0 Å². The molecule has 0 aliphatic carbocycles. The molecule has 3 nitrogen and oxygen atoms in total. The second-order valence-corrected chi connectivity index (χ2v) is 4.87. The minimum Gasteiger partial charge on any atom is -0.310 e. The Bertz CT molecular complexity index is 546. The largest absolute Gasteiger partial charge is 0.310 e. The third-order valence-electron chi connectivity index (χ3n) is 3.07. The van der Waals surface area contributed by atoms with Crippen molar-refractivity contribution in [2.24, 2.45) is 0 Å². The van der Waals surface area contributed by atoms with Crippen molar-refractivity contribution in [3.8, 4) is 5.69 Å². The van der Waals surface area contributed by atoms with Gasteiger partial charge in [-0.25, -0.2) is 9.07 Å². The Balaban J connectivity index is 2.35. The molecular formula is C15H20FN3. The molecule has 0 unspecified atom stereocenters. The highest BCUT2D eigenvalue weighted by molar-refractivity contribution is 5.36. The Hall–Kier alpha value is -1.68. The molecule has 0 saturated carbocycles. The highest BCUT2D eigenvalue weighted by Crippen LogP contribution is 2.18. The van der Waals surface area contributed by atoms with Crippen molar-refractivity contribution in [2.75, 3.05) is 0 Å². The zero-order chi connectivity index (χ0) is 13.8. The van der Waals surface area contributed by atoms with Crippen LogP contribution in [0, 0.1) is 5.82 Å². The van der Waals surface area contributed by atoms with Gasteiger partial charge in [-0.3, -0.25) is 0 Å². The molecule has 2 rings (SSSR count). The van der Waals surface area contributed by atoms with E-state index in [1.807, 2.05) is 12.3 Å². The Morgan fingerprint density at radius 2 is 2.05 bits per heavy atom. The Morgan fingerprint density at radius 1 is 1.32 bits per heavy atom. The predicted molar refractivity (Wildman–Crippen MR) is 74.9 cm³/mol. The van der Waals surface area contributed by atoms with Gasteiger partial charge in [0, 0.05) is 23.8 Å². The standard InChI is InChI=1S/C15H20FN3/c1-4-14-12(9-17-11(2)3)10-18-19(14)15-8-6-5-7-13(15)16/h5-8,10-11,17H,4,9H2,1-3H3. The van der Waals surface area contributed by atoms with Gasteiger partial charge in [-0.2, -0.15) is 5.10 Å². The van der Waals surface area contributed by atoms with Crippen molar-refractivity contribution in [3.63, 3.8) is 0 Å². The number of benzene rings is 1. The fourth-order valence-electron chi connectivity index (χ4n) is 2.08. The maximum atomic E-state index is 13.8.